The fourth-order valence-corrected chi connectivity index (χ4v) is 4.16. The monoisotopic (exact) mass is 286 g/mol. The van der Waals surface area contributed by atoms with Crippen LogP contribution in [0.4, 0.5) is 0 Å². The summed E-state index contributed by atoms with van der Waals surface area (Å²) in [6.45, 7) is 0.832. The highest BCUT2D eigenvalue weighted by atomic mass is 16.1. The normalized spacial score (nSPS) is 21.7. The minimum absolute atomic E-state index is 0.349. The van der Waals surface area contributed by atoms with Gasteiger partial charge in [-0.2, -0.15) is 0 Å². The van der Waals surface area contributed by atoms with Crippen molar-refractivity contribution in [2.24, 2.45) is 11.1 Å². The maximum Gasteiger partial charge on any atom is 0.248 e. The highest BCUT2D eigenvalue weighted by Gasteiger charge is 2.37. The van der Waals surface area contributed by atoms with Gasteiger partial charge in [0.25, 0.3) is 0 Å². The Bertz CT molecular complexity index is 496. The molecule has 0 atom stereocenters. The molecular weight excluding hydrogens is 260 g/mol. The van der Waals surface area contributed by atoms with Crippen LogP contribution in [0.5, 0.6) is 0 Å². The van der Waals surface area contributed by atoms with Gasteiger partial charge in [-0.3, -0.25) is 4.79 Å². The molecule has 21 heavy (non-hydrogen) atoms. The Morgan fingerprint density at radius 2 is 1.90 bits per heavy atom. The fourth-order valence-electron chi connectivity index (χ4n) is 4.16. The molecule has 0 aromatic heterocycles. The van der Waals surface area contributed by atoms with Gasteiger partial charge in [-0.05, 0) is 61.6 Å². The summed E-state index contributed by atoms with van der Waals surface area (Å²) < 4.78 is 0. The Morgan fingerprint density at radius 3 is 2.57 bits per heavy atom. The van der Waals surface area contributed by atoms with Crippen LogP contribution in [0.2, 0.25) is 0 Å². The molecule has 1 aromatic rings. The summed E-state index contributed by atoms with van der Waals surface area (Å²) >= 11 is 0. The molecule has 1 amide bonds. The summed E-state index contributed by atoms with van der Waals surface area (Å²) in [5, 5.41) is 3.66. The van der Waals surface area contributed by atoms with Gasteiger partial charge in [-0.15, -0.1) is 0 Å². The molecule has 0 bridgehead atoms. The molecule has 3 N–H and O–H groups in total. The number of rotatable bonds is 4. The minimum atomic E-state index is -0.349. The lowest BCUT2D eigenvalue weighted by Crippen LogP contribution is -2.36. The average molecular weight is 286 g/mol. The predicted molar refractivity (Wildman–Crippen MR) is 85.0 cm³/mol. The molecule has 3 nitrogen and oxygen atoms in total. The van der Waals surface area contributed by atoms with Crippen molar-refractivity contribution < 1.29 is 4.79 Å². The molecule has 3 heteroatoms. The number of nitrogens with one attached hydrogen (secondary N) is 1. The van der Waals surface area contributed by atoms with Crippen molar-refractivity contribution in [2.75, 3.05) is 0 Å². The number of carbonyl (C=O) groups excluding carboxylic acids is 1. The van der Waals surface area contributed by atoms with E-state index in [1.54, 1.807) is 6.07 Å². The third kappa shape index (κ3) is 3.46. The van der Waals surface area contributed by atoms with E-state index in [0.717, 1.165) is 12.1 Å². The van der Waals surface area contributed by atoms with E-state index in [1.165, 1.54) is 51.4 Å². The maximum absolute atomic E-state index is 11.2. The third-order valence-corrected chi connectivity index (χ3v) is 5.52. The molecular formula is C18H26N2O. The van der Waals surface area contributed by atoms with E-state index in [1.807, 2.05) is 12.1 Å². The van der Waals surface area contributed by atoms with Gasteiger partial charge in [0, 0.05) is 18.2 Å². The first-order valence-corrected chi connectivity index (χ1v) is 8.29. The van der Waals surface area contributed by atoms with Crippen molar-refractivity contribution in [1.82, 2.24) is 5.32 Å². The van der Waals surface area contributed by atoms with E-state index in [2.05, 4.69) is 11.4 Å². The first-order chi connectivity index (χ1) is 10.2. The maximum atomic E-state index is 11.2. The lowest BCUT2D eigenvalue weighted by molar-refractivity contribution is 0.1000. The van der Waals surface area contributed by atoms with Crippen LogP contribution in [-0.4, -0.2) is 11.9 Å². The zero-order chi connectivity index (χ0) is 14.7. The molecule has 1 aromatic carbocycles. The van der Waals surface area contributed by atoms with E-state index in [-0.39, 0.29) is 5.91 Å². The van der Waals surface area contributed by atoms with Crippen molar-refractivity contribution in [3.63, 3.8) is 0 Å². The van der Waals surface area contributed by atoms with Gasteiger partial charge in [0.2, 0.25) is 5.91 Å². The Morgan fingerprint density at radius 1 is 1.19 bits per heavy atom. The van der Waals surface area contributed by atoms with Crippen LogP contribution in [0.3, 0.4) is 0 Å². The van der Waals surface area contributed by atoms with E-state index in [0.29, 0.717) is 17.0 Å². The number of amides is 1. The number of primary amides is 1. The van der Waals surface area contributed by atoms with Crippen LogP contribution >= 0.6 is 0 Å². The van der Waals surface area contributed by atoms with Crippen LogP contribution in [0.15, 0.2) is 24.3 Å². The van der Waals surface area contributed by atoms with Crippen molar-refractivity contribution >= 4 is 5.91 Å². The summed E-state index contributed by atoms with van der Waals surface area (Å²) in [6, 6.07) is 8.27. The van der Waals surface area contributed by atoms with Crippen molar-refractivity contribution in [2.45, 2.75) is 64.0 Å². The number of hydrogen-bond acceptors (Lipinski definition) is 2. The Kier molecular flexibility index (Phi) is 4.29. The number of benzene rings is 1. The van der Waals surface area contributed by atoms with Gasteiger partial charge in [0.15, 0.2) is 0 Å². The van der Waals surface area contributed by atoms with Crippen molar-refractivity contribution in [3.8, 4) is 0 Å². The molecule has 0 heterocycles. The van der Waals surface area contributed by atoms with Crippen LogP contribution in [0, 0.1) is 5.41 Å². The summed E-state index contributed by atoms with van der Waals surface area (Å²) in [7, 11) is 0. The van der Waals surface area contributed by atoms with Gasteiger partial charge in [-0.1, -0.05) is 25.0 Å². The van der Waals surface area contributed by atoms with Gasteiger partial charge < -0.3 is 11.1 Å². The van der Waals surface area contributed by atoms with Crippen LogP contribution in [0.25, 0.3) is 0 Å². The topological polar surface area (TPSA) is 55.1 Å². The number of hydrogen-bond donors (Lipinski definition) is 2. The van der Waals surface area contributed by atoms with Gasteiger partial charge in [0.05, 0.1) is 0 Å². The minimum Gasteiger partial charge on any atom is -0.366 e. The second-order valence-electron chi connectivity index (χ2n) is 6.93. The molecule has 3 rings (SSSR count). The van der Waals surface area contributed by atoms with Crippen molar-refractivity contribution in [3.05, 3.63) is 35.4 Å². The molecule has 2 aliphatic carbocycles. The summed E-state index contributed by atoms with van der Waals surface area (Å²) in [5.74, 6) is -0.349. The molecule has 114 valence electrons. The number of carbonyl (C=O) groups is 1. The van der Waals surface area contributed by atoms with Gasteiger partial charge in [-0.25, -0.2) is 0 Å². The summed E-state index contributed by atoms with van der Waals surface area (Å²) in [6.07, 6.45) is 11.2. The summed E-state index contributed by atoms with van der Waals surface area (Å²) in [4.78, 5) is 11.2. The lowest BCUT2D eigenvalue weighted by Gasteiger charge is -2.37. The second-order valence-corrected chi connectivity index (χ2v) is 6.93. The molecule has 2 fully saturated rings. The van der Waals surface area contributed by atoms with Crippen LogP contribution < -0.4 is 11.1 Å². The van der Waals surface area contributed by atoms with E-state index >= 15 is 0 Å². The second kappa shape index (κ2) is 6.18. The van der Waals surface area contributed by atoms with Crippen LogP contribution in [-0.2, 0) is 6.54 Å². The highest BCUT2D eigenvalue weighted by Crippen LogP contribution is 2.48. The first-order valence-electron chi connectivity index (χ1n) is 8.29. The van der Waals surface area contributed by atoms with Crippen molar-refractivity contribution in [1.29, 1.82) is 0 Å². The molecule has 0 radical (unpaired) electrons. The van der Waals surface area contributed by atoms with Gasteiger partial charge in [0.1, 0.15) is 0 Å². The molecule has 2 aliphatic rings. The third-order valence-electron chi connectivity index (χ3n) is 5.52. The summed E-state index contributed by atoms with van der Waals surface area (Å²) in [5.41, 5.74) is 7.77. The van der Waals surface area contributed by atoms with Crippen LogP contribution in [0.1, 0.15) is 67.3 Å². The predicted octanol–water partition coefficient (Wildman–Crippen LogP) is 3.38. The molecule has 0 unspecified atom stereocenters. The molecule has 0 saturated heterocycles. The zero-order valence-corrected chi connectivity index (χ0v) is 12.7. The first kappa shape index (κ1) is 14.6. The Hall–Kier alpha value is -1.35. The Labute approximate surface area is 127 Å². The SMILES string of the molecule is NC(=O)c1cccc(CNC2CCC3(CCCC3)CC2)c1. The largest absolute Gasteiger partial charge is 0.366 e. The van der Waals surface area contributed by atoms with E-state index < -0.39 is 0 Å². The smallest absolute Gasteiger partial charge is 0.248 e. The van der Waals surface area contributed by atoms with E-state index in [4.69, 9.17) is 5.73 Å². The average Bonchev–Trinajstić information content (AvgIpc) is 2.95. The standard InChI is InChI=1S/C18H26N2O/c19-17(21)15-5-3-4-14(12-15)13-20-16-6-10-18(11-7-16)8-1-2-9-18/h3-5,12,16,20H,1-2,6-11,13H2,(H2,19,21). The highest BCUT2D eigenvalue weighted by molar-refractivity contribution is 5.92. The fraction of sp³-hybridized carbons (Fsp3) is 0.611. The number of nitrogens with two attached hydrogens (primary N) is 1. The molecule has 2 saturated carbocycles. The van der Waals surface area contributed by atoms with Gasteiger partial charge >= 0.3 is 0 Å². The zero-order valence-electron chi connectivity index (χ0n) is 12.7. The quantitative estimate of drug-likeness (QED) is 0.891. The molecule has 1 spiro atoms. The van der Waals surface area contributed by atoms with E-state index in [9.17, 15) is 4.79 Å². The lowest BCUT2D eigenvalue weighted by atomic mass is 9.71. The Balaban J connectivity index is 1.50. The molecule has 0 aliphatic heterocycles.